The Bertz CT molecular complexity index is 1230. The predicted octanol–water partition coefficient (Wildman–Crippen LogP) is 4.93. The molecular formula is C30H34N2O4. The summed E-state index contributed by atoms with van der Waals surface area (Å²) in [6.45, 7) is 2.42. The molecule has 1 saturated heterocycles. The van der Waals surface area contributed by atoms with E-state index in [1.54, 1.807) is 6.07 Å². The molecule has 6 nitrogen and oxygen atoms in total. The lowest BCUT2D eigenvalue weighted by Gasteiger charge is -2.50. The van der Waals surface area contributed by atoms with Gasteiger partial charge in [-0.05, 0) is 65.4 Å². The van der Waals surface area contributed by atoms with Crippen molar-refractivity contribution in [2.45, 2.75) is 44.8 Å². The summed E-state index contributed by atoms with van der Waals surface area (Å²) in [7, 11) is 0. The Labute approximate surface area is 212 Å². The van der Waals surface area contributed by atoms with Crippen molar-refractivity contribution in [3.8, 4) is 16.9 Å². The maximum absolute atomic E-state index is 11.3. The van der Waals surface area contributed by atoms with Crippen molar-refractivity contribution in [2.24, 2.45) is 11.1 Å². The van der Waals surface area contributed by atoms with Crippen LogP contribution >= 0.6 is 0 Å². The first-order chi connectivity index (χ1) is 17.4. The van der Waals surface area contributed by atoms with Gasteiger partial charge in [0.1, 0.15) is 12.4 Å². The second-order valence-electron chi connectivity index (χ2n) is 10.3. The molecular weight excluding hydrogens is 452 g/mol. The molecule has 6 heteroatoms. The van der Waals surface area contributed by atoms with Gasteiger partial charge in [-0.3, -0.25) is 4.79 Å². The lowest BCUT2D eigenvalue weighted by atomic mass is 9.78. The number of hydrogen-bond acceptors (Lipinski definition) is 5. The summed E-state index contributed by atoms with van der Waals surface area (Å²) in [6, 6.07) is 21.5. The van der Waals surface area contributed by atoms with Crippen molar-refractivity contribution in [1.82, 2.24) is 0 Å². The van der Waals surface area contributed by atoms with Gasteiger partial charge in [0.15, 0.2) is 0 Å². The highest BCUT2D eigenvalue weighted by Gasteiger charge is 2.44. The van der Waals surface area contributed by atoms with Gasteiger partial charge in [0.2, 0.25) is 0 Å². The highest BCUT2D eigenvalue weighted by Crippen LogP contribution is 2.47. The third kappa shape index (κ3) is 5.25. The maximum Gasteiger partial charge on any atom is 0.307 e. The zero-order valence-electron chi connectivity index (χ0n) is 20.5. The second-order valence-corrected chi connectivity index (χ2v) is 10.3. The van der Waals surface area contributed by atoms with Crippen molar-refractivity contribution in [3.05, 3.63) is 83.4 Å². The van der Waals surface area contributed by atoms with E-state index in [9.17, 15) is 15.0 Å². The number of rotatable bonds is 9. The molecule has 1 aliphatic carbocycles. The van der Waals surface area contributed by atoms with Crippen LogP contribution in [0.2, 0.25) is 0 Å². The SMILES string of the molecule is N[C@@H](CO)c1cccc(-c2cc(COc3ccccc3CC(=O)O)cc(N3CC4(CCCC4)C3)c2)c1. The summed E-state index contributed by atoms with van der Waals surface area (Å²) in [5.41, 5.74) is 12.5. The van der Waals surface area contributed by atoms with Crippen LogP contribution in [0.25, 0.3) is 11.1 Å². The Morgan fingerprint density at radius 3 is 2.53 bits per heavy atom. The first-order valence-electron chi connectivity index (χ1n) is 12.7. The zero-order chi connectivity index (χ0) is 25.1. The number of anilines is 1. The molecule has 1 saturated carbocycles. The topological polar surface area (TPSA) is 96.0 Å². The van der Waals surface area contributed by atoms with E-state index in [-0.39, 0.29) is 13.0 Å². The van der Waals surface area contributed by atoms with Crippen molar-refractivity contribution < 1.29 is 19.7 Å². The molecule has 1 heterocycles. The normalized spacial score (nSPS) is 17.1. The number of hydrogen-bond donors (Lipinski definition) is 3. The molecule has 3 aromatic rings. The average Bonchev–Trinajstić information content (AvgIpc) is 3.37. The Kier molecular flexibility index (Phi) is 6.99. The van der Waals surface area contributed by atoms with Crippen LogP contribution in [-0.4, -0.2) is 35.9 Å². The first-order valence-corrected chi connectivity index (χ1v) is 12.7. The number of carbonyl (C=O) groups is 1. The van der Waals surface area contributed by atoms with Crippen LogP contribution in [0.3, 0.4) is 0 Å². The van der Waals surface area contributed by atoms with Gasteiger partial charge >= 0.3 is 5.97 Å². The minimum Gasteiger partial charge on any atom is -0.489 e. The number of aliphatic hydroxyl groups is 1. The fourth-order valence-corrected chi connectivity index (χ4v) is 5.66. The van der Waals surface area contributed by atoms with Gasteiger partial charge in [-0.15, -0.1) is 0 Å². The zero-order valence-corrected chi connectivity index (χ0v) is 20.5. The average molecular weight is 487 g/mol. The van der Waals surface area contributed by atoms with Crippen molar-refractivity contribution in [1.29, 1.82) is 0 Å². The van der Waals surface area contributed by atoms with Crippen LogP contribution in [-0.2, 0) is 17.8 Å². The Hall–Kier alpha value is -3.35. The third-order valence-corrected chi connectivity index (χ3v) is 7.61. The monoisotopic (exact) mass is 486 g/mol. The summed E-state index contributed by atoms with van der Waals surface area (Å²) in [5, 5.41) is 18.8. The molecule has 2 aliphatic rings. The number of aliphatic hydroxyl groups excluding tert-OH is 1. The number of ether oxygens (including phenoxy) is 1. The van der Waals surface area contributed by atoms with E-state index >= 15 is 0 Å². The number of benzene rings is 3. The molecule has 0 aromatic heterocycles. The molecule has 0 radical (unpaired) electrons. The lowest BCUT2D eigenvalue weighted by molar-refractivity contribution is -0.136. The van der Waals surface area contributed by atoms with Gasteiger partial charge in [0.05, 0.1) is 19.1 Å². The van der Waals surface area contributed by atoms with Crippen LogP contribution in [0.1, 0.15) is 48.4 Å². The molecule has 1 spiro atoms. The molecule has 1 atom stereocenters. The van der Waals surface area contributed by atoms with Crippen molar-refractivity contribution in [2.75, 3.05) is 24.6 Å². The molecule has 5 rings (SSSR count). The number of aliphatic carboxylic acids is 1. The van der Waals surface area contributed by atoms with Gasteiger partial charge in [0, 0.05) is 29.8 Å². The largest absolute Gasteiger partial charge is 0.489 e. The first kappa shape index (κ1) is 24.3. The van der Waals surface area contributed by atoms with Crippen LogP contribution in [0.5, 0.6) is 5.75 Å². The van der Waals surface area contributed by atoms with Gasteiger partial charge in [-0.1, -0.05) is 49.2 Å². The molecule has 36 heavy (non-hydrogen) atoms. The lowest BCUT2D eigenvalue weighted by Crippen LogP contribution is -2.55. The fourth-order valence-electron chi connectivity index (χ4n) is 5.66. The highest BCUT2D eigenvalue weighted by atomic mass is 16.5. The van der Waals surface area contributed by atoms with E-state index in [4.69, 9.17) is 10.5 Å². The maximum atomic E-state index is 11.3. The van der Waals surface area contributed by atoms with Gasteiger partial charge < -0.3 is 25.6 Å². The van der Waals surface area contributed by atoms with E-state index in [1.807, 2.05) is 36.4 Å². The summed E-state index contributed by atoms with van der Waals surface area (Å²) in [6.07, 6.45) is 5.23. The minimum atomic E-state index is -0.880. The molecule has 2 fully saturated rings. The molecule has 3 aromatic carbocycles. The minimum absolute atomic E-state index is 0.0742. The summed E-state index contributed by atoms with van der Waals surface area (Å²) in [4.78, 5) is 13.7. The van der Waals surface area contributed by atoms with Crippen LogP contribution in [0, 0.1) is 5.41 Å². The van der Waals surface area contributed by atoms with E-state index in [1.165, 1.54) is 31.4 Å². The highest BCUT2D eigenvalue weighted by molar-refractivity contribution is 5.72. The fraction of sp³-hybridized carbons (Fsp3) is 0.367. The Morgan fingerprint density at radius 1 is 1.00 bits per heavy atom. The number of nitrogens with two attached hydrogens (primary N) is 1. The number of carboxylic acids is 1. The Morgan fingerprint density at radius 2 is 1.78 bits per heavy atom. The smallest absolute Gasteiger partial charge is 0.307 e. The second kappa shape index (κ2) is 10.3. The summed E-state index contributed by atoms with van der Waals surface area (Å²) < 4.78 is 6.14. The molecule has 4 N–H and O–H groups in total. The van der Waals surface area contributed by atoms with E-state index in [0.717, 1.165) is 35.3 Å². The molecule has 0 bridgehead atoms. The number of para-hydroxylation sites is 1. The van der Waals surface area contributed by atoms with Crippen molar-refractivity contribution >= 4 is 11.7 Å². The molecule has 0 unspecified atom stereocenters. The van der Waals surface area contributed by atoms with Gasteiger partial charge in [-0.2, -0.15) is 0 Å². The quantitative estimate of drug-likeness (QED) is 0.397. The third-order valence-electron chi connectivity index (χ3n) is 7.61. The van der Waals surface area contributed by atoms with E-state index in [0.29, 0.717) is 23.3 Å². The van der Waals surface area contributed by atoms with Gasteiger partial charge in [0.25, 0.3) is 0 Å². The summed E-state index contributed by atoms with van der Waals surface area (Å²) in [5.74, 6) is -0.286. The van der Waals surface area contributed by atoms with Crippen molar-refractivity contribution in [3.63, 3.8) is 0 Å². The van der Waals surface area contributed by atoms with E-state index in [2.05, 4.69) is 29.2 Å². The van der Waals surface area contributed by atoms with E-state index < -0.39 is 12.0 Å². The molecule has 0 amide bonds. The number of nitrogens with zero attached hydrogens (tertiary/aromatic N) is 1. The summed E-state index contributed by atoms with van der Waals surface area (Å²) >= 11 is 0. The van der Waals surface area contributed by atoms with Crippen LogP contribution < -0.4 is 15.4 Å². The number of carboxylic acid groups (broad SMARTS) is 1. The molecule has 188 valence electrons. The predicted molar refractivity (Wildman–Crippen MR) is 141 cm³/mol. The molecule has 1 aliphatic heterocycles. The standard InChI is InChI=1S/C30H34N2O4/c31-27(17-33)23-8-5-7-22(14-23)25-12-21(18-36-28-9-2-1-6-24(28)16-29(34)35)13-26(15-25)32-19-30(20-32)10-3-4-11-30/h1-2,5-9,12-15,27,33H,3-4,10-11,16-20,31H2,(H,34,35)/t27-/m0/s1. The van der Waals surface area contributed by atoms with Gasteiger partial charge in [-0.25, -0.2) is 0 Å². The Balaban J connectivity index is 1.44. The van der Waals surface area contributed by atoms with Crippen LogP contribution in [0.15, 0.2) is 66.7 Å². The van der Waals surface area contributed by atoms with Crippen LogP contribution in [0.4, 0.5) is 5.69 Å².